The molecule has 1 aliphatic carbocycles. The molecule has 2 amide bonds. The van der Waals surface area contributed by atoms with E-state index < -0.39 is 0 Å². The zero-order chi connectivity index (χ0) is 19.7. The third-order valence-corrected chi connectivity index (χ3v) is 5.68. The molecule has 4 nitrogen and oxygen atoms in total. The van der Waals surface area contributed by atoms with Crippen LogP contribution in [0, 0.1) is 0 Å². The molecule has 28 heavy (non-hydrogen) atoms. The van der Waals surface area contributed by atoms with Crippen molar-refractivity contribution in [2.75, 3.05) is 27.2 Å². The molecule has 2 aromatic carbocycles. The molecular weight excluding hydrogens is 348 g/mol. The van der Waals surface area contributed by atoms with Gasteiger partial charge in [-0.05, 0) is 66.9 Å². The molecule has 0 saturated carbocycles. The first kappa shape index (κ1) is 18.6. The molecule has 4 heteroatoms. The number of rotatable bonds is 4. The summed E-state index contributed by atoms with van der Waals surface area (Å²) in [4.78, 5) is 29.6. The third-order valence-electron chi connectivity index (χ3n) is 5.68. The van der Waals surface area contributed by atoms with E-state index in [4.69, 9.17) is 0 Å². The second-order valence-corrected chi connectivity index (χ2v) is 7.90. The standard InChI is InChI=1S/C24H26N2O2/c1-25(2)12-7-13-26-23(27)15-21-19-10-5-3-8-17(19)14-18-9-4-6-11-20(18)22(21)16-24(26)28/h3-6,8-11H,7,12-16H2,1-2H3. The van der Waals surface area contributed by atoms with Crippen LogP contribution in [0.1, 0.15) is 41.5 Å². The van der Waals surface area contributed by atoms with Crippen LogP contribution in [0.3, 0.4) is 0 Å². The van der Waals surface area contributed by atoms with E-state index in [9.17, 15) is 9.59 Å². The minimum Gasteiger partial charge on any atom is -0.309 e. The fraction of sp³-hybridized carbons (Fsp3) is 0.333. The normalized spacial score (nSPS) is 16.5. The SMILES string of the molecule is CN(C)CCCN1C(=O)CC2=C(CC1=O)c1ccccc1Cc1ccccc12. The van der Waals surface area contributed by atoms with Gasteiger partial charge in [0, 0.05) is 6.54 Å². The summed E-state index contributed by atoms with van der Waals surface area (Å²) in [5, 5.41) is 0. The van der Waals surface area contributed by atoms with Gasteiger partial charge in [-0.15, -0.1) is 0 Å². The molecular formula is C24H26N2O2. The molecule has 0 radical (unpaired) electrons. The lowest BCUT2D eigenvalue weighted by Gasteiger charge is -2.20. The van der Waals surface area contributed by atoms with Crippen LogP contribution < -0.4 is 0 Å². The van der Waals surface area contributed by atoms with Crippen molar-refractivity contribution < 1.29 is 9.59 Å². The van der Waals surface area contributed by atoms with Gasteiger partial charge in [0.2, 0.25) is 11.8 Å². The number of imide groups is 1. The maximum absolute atomic E-state index is 13.0. The van der Waals surface area contributed by atoms with Crippen molar-refractivity contribution in [1.29, 1.82) is 0 Å². The highest BCUT2D eigenvalue weighted by atomic mass is 16.2. The van der Waals surface area contributed by atoms with Crippen LogP contribution in [0.15, 0.2) is 48.5 Å². The van der Waals surface area contributed by atoms with E-state index in [0.717, 1.165) is 41.7 Å². The van der Waals surface area contributed by atoms with Crippen molar-refractivity contribution >= 4 is 23.0 Å². The minimum atomic E-state index is -0.0806. The summed E-state index contributed by atoms with van der Waals surface area (Å²) in [6.07, 6.45) is 2.19. The second-order valence-electron chi connectivity index (χ2n) is 7.90. The summed E-state index contributed by atoms with van der Waals surface area (Å²) in [7, 11) is 4.01. The Kier molecular flexibility index (Phi) is 5.14. The average Bonchev–Trinajstić information content (AvgIpc) is 2.87. The fourth-order valence-electron chi connectivity index (χ4n) is 4.30. The molecule has 0 bridgehead atoms. The van der Waals surface area contributed by atoms with Crippen molar-refractivity contribution in [3.63, 3.8) is 0 Å². The Bertz CT molecular complexity index is 889. The molecule has 0 fully saturated rings. The van der Waals surface area contributed by atoms with Gasteiger partial charge < -0.3 is 4.90 Å². The highest BCUT2D eigenvalue weighted by Gasteiger charge is 2.32. The molecule has 0 unspecified atom stereocenters. The molecule has 2 aromatic rings. The number of carbonyl (C=O) groups excluding carboxylic acids is 2. The predicted molar refractivity (Wildman–Crippen MR) is 112 cm³/mol. The molecule has 0 aromatic heterocycles. The van der Waals surface area contributed by atoms with E-state index in [2.05, 4.69) is 29.2 Å². The van der Waals surface area contributed by atoms with E-state index in [1.807, 2.05) is 38.4 Å². The molecule has 0 saturated heterocycles. The van der Waals surface area contributed by atoms with Crippen molar-refractivity contribution in [1.82, 2.24) is 9.80 Å². The summed E-state index contributed by atoms with van der Waals surface area (Å²) < 4.78 is 0. The number of benzene rings is 2. The number of carbonyl (C=O) groups is 2. The van der Waals surface area contributed by atoms with Crippen LogP contribution in [-0.4, -0.2) is 48.8 Å². The van der Waals surface area contributed by atoms with Crippen LogP contribution >= 0.6 is 0 Å². The van der Waals surface area contributed by atoms with Crippen molar-refractivity contribution in [2.24, 2.45) is 0 Å². The van der Waals surface area contributed by atoms with E-state index in [-0.39, 0.29) is 24.7 Å². The summed E-state index contributed by atoms with van der Waals surface area (Å²) in [5.41, 5.74) is 6.72. The van der Waals surface area contributed by atoms with Gasteiger partial charge in [-0.3, -0.25) is 14.5 Å². The van der Waals surface area contributed by atoms with Crippen molar-refractivity contribution in [3.8, 4) is 0 Å². The van der Waals surface area contributed by atoms with Gasteiger partial charge in [0.05, 0.1) is 12.8 Å². The highest BCUT2D eigenvalue weighted by Crippen LogP contribution is 2.41. The Hall–Kier alpha value is -2.72. The van der Waals surface area contributed by atoms with Gasteiger partial charge >= 0.3 is 0 Å². The van der Waals surface area contributed by atoms with E-state index >= 15 is 0 Å². The number of hydrogen-bond acceptors (Lipinski definition) is 3. The van der Waals surface area contributed by atoms with E-state index in [0.29, 0.717) is 6.54 Å². The Balaban J connectivity index is 1.76. The summed E-state index contributed by atoms with van der Waals surface area (Å²) >= 11 is 0. The number of fused-ring (bicyclic) bond motifs is 4. The molecule has 0 N–H and O–H groups in total. The van der Waals surface area contributed by atoms with Crippen molar-refractivity contribution in [3.05, 3.63) is 70.8 Å². The van der Waals surface area contributed by atoms with E-state index in [1.54, 1.807) is 0 Å². The third kappa shape index (κ3) is 3.52. The topological polar surface area (TPSA) is 40.6 Å². The quantitative estimate of drug-likeness (QED) is 0.768. The van der Waals surface area contributed by atoms with Gasteiger partial charge in [-0.25, -0.2) is 0 Å². The number of hydrogen-bond donors (Lipinski definition) is 0. The maximum Gasteiger partial charge on any atom is 0.233 e. The Labute approximate surface area is 166 Å². The molecule has 0 atom stereocenters. The first-order valence-corrected chi connectivity index (χ1v) is 9.91. The lowest BCUT2D eigenvalue weighted by molar-refractivity contribution is -0.143. The molecule has 1 aliphatic heterocycles. The van der Waals surface area contributed by atoms with Crippen molar-refractivity contribution in [2.45, 2.75) is 25.7 Å². The summed E-state index contributed by atoms with van der Waals surface area (Å²) in [5.74, 6) is -0.161. The Morgan fingerprint density at radius 1 is 0.786 bits per heavy atom. The first-order chi connectivity index (χ1) is 13.5. The molecule has 1 heterocycles. The van der Waals surface area contributed by atoms with Gasteiger partial charge in [0.1, 0.15) is 0 Å². The Morgan fingerprint density at radius 2 is 1.29 bits per heavy atom. The van der Waals surface area contributed by atoms with Crippen LogP contribution in [-0.2, 0) is 16.0 Å². The van der Waals surface area contributed by atoms with Crippen LogP contribution in [0.5, 0.6) is 0 Å². The number of nitrogens with zero attached hydrogens (tertiary/aromatic N) is 2. The lowest BCUT2D eigenvalue weighted by Crippen LogP contribution is -2.37. The number of amides is 2. The van der Waals surface area contributed by atoms with Gasteiger partial charge in [0.15, 0.2) is 0 Å². The summed E-state index contributed by atoms with van der Waals surface area (Å²) in [6, 6.07) is 16.6. The first-order valence-electron chi connectivity index (χ1n) is 9.91. The average molecular weight is 374 g/mol. The highest BCUT2D eigenvalue weighted by molar-refractivity contribution is 6.12. The smallest absolute Gasteiger partial charge is 0.233 e. The largest absolute Gasteiger partial charge is 0.309 e. The van der Waals surface area contributed by atoms with Gasteiger partial charge in [-0.1, -0.05) is 48.5 Å². The lowest BCUT2D eigenvalue weighted by atomic mass is 9.91. The minimum absolute atomic E-state index is 0.0806. The molecule has 2 aliphatic rings. The van der Waals surface area contributed by atoms with E-state index in [1.165, 1.54) is 16.0 Å². The van der Waals surface area contributed by atoms with Crippen LogP contribution in [0.4, 0.5) is 0 Å². The summed E-state index contributed by atoms with van der Waals surface area (Å²) in [6.45, 7) is 1.34. The maximum atomic E-state index is 13.0. The Morgan fingerprint density at radius 3 is 1.79 bits per heavy atom. The van der Waals surface area contributed by atoms with Crippen LogP contribution in [0.25, 0.3) is 11.1 Å². The molecule has 0 spiro atoms. The molecule has 4 rings (SSSR count). The monoisotopic (exact) mass is 374 g/mol. The zero-order valence-electron chi connectivity index (χ0n) is 16.6. The fourth-order valence-corrected chi connectivity index (χ4v) is 4.30. The zero-order valence-corrected chi connectivity index (χ0v) is 16.6. The van der Waals surface area contributed by atoms with Crippen LogP contribution in [0.2, 0.25) is 0 Å². The second kappa shape index (κ2) is 7.72. The van der Waals surface area contributed by atoms with Gasteiger partial charge in [0.25, 0.3) is 0 Å². The van der Waals surface area contributed by atoms with Gasteiger partial charge in [-0.2, -0.15) is 0 Å². The predicted octanol–water partition coefficient (Wildman–Crippen LogP) is 3.60. The molecule has 144 valence electrons.